The number of aromatic carboxylic acids is 1. The van der Waals surface area contributed by atoms with Crippen LogP contribution < -0.4 is 10.6 Å². The Hall–Kier alpha value is -1.56. The van der Waals surface area contributed by atoms with Gasteiger partial charge in [0.15, 0.2) is 0 Å². The van der Waals surface area contributed by atoms with Crippen LogP contribution in [0.4, 0.5) is 10.5 Å². The SMILES string of the molecule is CC1CC(NC(=O)Nc2ccc(Br)cc2C(=O)O)C1. The highest BCUT2D eigenvalue weighted by Crippen LogP contribution is 2.26. The molecule has 5 nitrogen and oxygen atoms in total. The number of urea groups is 1. The van der Waals surface area contributed by atoms with Gasteiger partial charge in [0.05, 0.1) is 11.3 Å². The maximum Gasteiger partial charge on any atom is 0.337 e. The van der Waals surface area contributed by atoms with Crippen LogP contribution in [0.5, 0.6) is 0 Å². The first-order valence-corrected chi connectivity index (χ1v) is 6.85. The quantitative estimate of drug-likeness (QED) is 0.798. The number of carboxylic acids is 1. The lowest BCUT2D eigenvalue weighted by atomic mass is 9.82. The van der Waals surface area contributed by atoms with E-state index in [1.807, 2.05) is 0 Å². The molecule has 0 heterocycles. The van der Waals surface area contributed by atoms with Crippen LogP contribution >= 0.6 is 15.9 Å². The molecule has 0 unspecified atom stereocenters. The second-order valence-electron chi connectivity index (χ2n) is 4.87. The van der Waals surface area contributed by atoms with Gasteiger partial charge in [0, 0.05) is 10.5 Å². The highest BCUT2D eigenvalue weighted by Gasteiger charge is 2.26. The van der Waals surface area contributed by atoms with Crippen LogP contribution in [-0.4, -0.2) is 23.1 Å². The van der Waals surface area contributed by atoms with Crippen molar-refractivity contribution in [3.8, 4) is 0 Å². The number of carboxylic acid groups (broad SMARTS) is 1. The summed E-state index contributed by atoms with van der Waals surface area (Å²) in [5.41, 5.74) is 0.354. The van der Waals surface area contributed by atoms with Crippen molar-refractivity contribution in [1.82, 2.24) is 5.32 Å². The fourth-order valence-corrected chi connectivity index (χ4v) is 2.53. The summed E-state index contributed by atoms with van der Waals surface area (Å²) in [6.45, 7) is 2.13. The molecule has 0 atom stereocenters. The molecule has 0 spiro atoms. The van der Waals surface area contributed by atoms with E-state index in [2.05, 4.69) is 33.5 Å². The van der Waals surface area contributed by atoms with E-state index in [-0.39, 0.29) is 17.6 Å². The van der Waals surface area contributed by atoms with Crippen LogP contribution in [0.2, 0.25) is 0 Å². The summed E-state index contributed by atoms with van der Waals surface area (Å²) >= 11 is 3.21. The van der Waals surface area contributed by atoms with Gasteiger partial charge in [0.1, 0.15) is 0 Å². The zero-order chi connectivity index (χ0) is 14.0. The number of hydrogen-bond acceptors (Lipinski definition) is 2. The second kappa shape index (κ2) is 5.61. The highest BCUT2D eigenvalue weighted by molar-refractivity contribution is 9.10. The predicted molar refractivity (Wildman–Crippen MR) is 75.4 cm³/mol. The molecule has 0 radical (unpaired) electrons. The van der Waals surface area contributed by atoms with E-state index in [9.17, 15) is 9.59 Å². The topological polar surface area (TPSA) is 78.4 Å². The van der Waals surface area contributed by atoms with Gasteiger partial charge >= 0.3 is 12.0 Å². The Morgan fingerprint density at radius 3 is 2.63 bits per heavy atom. The van der Waals surface area contributed by atoms with Gasteiger partial charge in [-0.25, -0.2) is 9.59 Å². The number of nitrogens with one attached hydrogen (secondary N) is 2. The van der Waals surface area contributed by atoms with E-state index < -0.39 is 5.97 Å². The Morgan fingerprint density at radius 1 is 1.37 bits per heavy atom. The molecule has 2 amide bonds. The van der Waals surface area contributed by atoms with Crippen LogP contribution in [0.15, 0.2) is 22.7 Å². The molecule has 1 aliphatic rings. The van der Waals surface area contributed by atoms with Crippen molar-refractivity contribution < 1.29 is 14.7 Å². The first-order valence-electron chi connectivity index (χ1n) is 6.06. The number of anilines is 1. The highest BCUT2D eigenvalue weighted by atomic mass is 79.9. The van der Waals surface area contributed by atoms with Crippen LogP contribution in [0.3, 0.4) is 0 Å². The van der Waals surface area contributed by atoms with E-state index in [4.69, 9.17) is 5.11 Å². The van der Waals surface area contributed by atoms with Crippen LogP contribution in [0.1, 0.15) is 30.1 Å². The summed E-state index contributed by atoms with van der Waals surface area (Å²) in [6.07, 6.45) is 1.94. The molecule has 1 aromatic carbocycles. The molecule has 0 aromatic heterocycles. The minimum Gasteiger partial charge on any atom is -0.478 e. The third kappa shape index (κ3) is 3.47. The maximum atomic E-state index is 11.8. The number of rotatable bonds is 3. The second-order valence-corrected chi connectivity index (χ2v) is 5.78. The summed E-state index contributed by atoms with van der Waals surface area (Å²) in [5.74, 6) is -0.429. The Labute approximate surface area is 119 Å². The molecule has 1 saturated carbocycles. The molecule has 2 rings (SSSR count). The van der Waals surface area contributed by atoms with Gasteiger partial charge in [-0.05, 0) is 37.0 Å². The van der Waals surface area contributed by atoms with E-state index in [1.54, 1.807) is 12.1 Å². The van der Waals surface area contributed by atoms with Crippen molar-refractivity contribution in [3.05, 3.63) is 28.2 Å². The predicted octanol–water partition coefficient (Wildman–Crippen LogP) is 3.07. The van der Waals surface area contributed by atoms with Crippen molar-refractivity contribution in [1.29, 1.82) is 0 Å². The molecular weight excluding hydrogens is 312 g/mol. The van der Waals surface area contributed by atoms with Gasteiger partial charge in [-0.15, -0.1) is 0 Å². The summed E-state index contributed by atoms with van der Waals surface area (Å²) in [4.78, 5) is 22.9. The van der Waals surface area contributed by atoms with Gasteiger partial charge in [-0.1, -0.05) is 22.9 Å². The molecule has 0 aliphatic heterocycles. The first-order chi connectivity index (χ1) is 8.95. The monoisotopic (exact) mass is 326 g/mol. The summed E-state index contributed by atoms with van der Waals surface area (Å²) in [7, 11) is 0. The first kappa shape index (κ1) is 13.9. The van der Waals surface area contributed by atoms with Crippen molar-refractivity contribution >= 4 is 33.6 Å². The Balaban J connectivity index is 2.02. The molecule has 0 bridgehead atoms. The van der Waals surface area contributed by atoms with Gasteiger partial charge in [-0.2, -0.15) is 0 Å². The Kier molecular flexibility index (Phi) is 4.09. The molecule has 1 fully saturated rings. The van der Waals surface area contributed by atoms with E-state index in [0.29, 0.717) is 16.1 Å². The number of carbonyl (C=O) groups excluding carboxylic acids is 1. The summed E-state index contributed by atoms with van der Waals surface area (Å²) in [6, 6.07) is 4.55. The van der Waals surface area contributed by atoms with Crippen molar-refractivity contribution in [2.45, 2.75) is 25.8 Å². The molecule has 102 valence electrons. The van der Waals surface area contributed by atoms with Crippen molar-refractivity contribution in [3.63, 3.8) is 0 Å². The lowest BCUT2D eigenvalue weighted by molar-refractivity contribution is 0.0698. The zero-order valence-corrected chi connectivity index (χ0v) is 12.0. The lowest BCUT2D eigenvalue weighted by Crippen LogP contribution is -2.45. The largest absolute Gasteiger partial charge is 0.478 e. The molecule has 6 heteroatoms. The number of carbonyl (C=O) groups is 2. The lowest BCUT2D eigenvalue weighted by Gasteiger charge is -2.33. The van der Waals surface area contributed by atoms with Crippen LogP contribution in [0, 0.1) is 5.92 Å². The summed E-state index contributed by atoms with van der Waals surface area (Å²) in [5, 5.41) is 14.5. The van der Waals surface area contributed by atoms with Crippen LogP contribution in [0.25, 0.3) is 0 Å². The number of benzene rings is 1. The molecule has 1 aromatic rings. The molecule has 0 saturated heterocycles. The minimum atomic E-state index is -1.08. The van der Waals surface area contributed by atoms with Crippen LogP contribution in [-0.2, 0) is 0 Å². The molecule has 3 N–H and O–H groups in total. The van der Waals surface area contributed by atoms with E-state index in [0.717, 1.165) is 12.8 Å². The third-order valence-corrected chi connectivity index (χ3v) is 3.66. The zero-order valence-electron chi connectivity index (χ0n) is 10.4. The Morgan fingerprint density at radius 2 is 2.05 bits per heavy atom. The fourth-order valence-electron chi connectivity index (χ4n) is 2.17. The number of halogens is 1. The normalized spacial score (nSPS) is 21.4. The number of amides is 2. The van der Waals surface area contributed by atoms with Crippen molar-refractivity contribution in [2.24, 2.45) is 5.92 Å². The van der Waals surface area contributed by atoms with Gasteiger partial charge in [0.2, 0.25) is 0 Å². The fraction of sp³-hybridized carbons (Fsp3) is 0.385. The average Bonchev–Trinajstić information content (AvgIpc) is 2.29. The van der Waals surface area contributed by atoms with Gasteiger partial charge in [-0.3, -0.25) is 0 Å². The number of hydrogen-bond donors (Lipinski definition) is 3. The van der Waals surface area contributed by atoms with E-state index >= 15 is 0 Å². The van der Waals surface area contributed by atoms with Gasteiger partial charge in [0.25, 0.3) is 0 Å². The molecular formula is C13H15BrN2O3. The van der Waals surface area contributed by atoms with Gasteiger partial charge < -0.3 is 15.7 Å². The maximum absolute atomic E-state index is 11.8. The third-order valence-electron chi connectivity index (χ3n) is 3.17. The van der Waals surface area contributed by atoms with E-state index in [1.165, 1.54) is 6.07 Å². The molecule has 1 aliphatic carbocycles. The minimum absolute atomic E-state index is 0.0616. The van der Waals surface area contributed by atoms with Crippen molar-refractivity contribution in [2.75, 3.05) is 5.32 Å². The molecule has 19 heavy (non-hydrogen) atoms. The standard InChI is InChI=1S/C13H15BrN2O3/c1-7-4-9(5-7)15-13(19)16-11-3-2-8(14)6-10(11)12(17)18/h2-3,6-7,9H,4-5H2,1H3,(H,17,18)(H2,15,16,19). The summed E-state index contributed by atoms with van der Waals surface area (Å²) < 4.78 is 0.656. The smallest absolute Gasteiger partial charge is 0.337 e. The average molecular weight is 327 g/mol. The Bertz CT molecular complexity index is 513.